The Bertz CT molecular complexity index is 898. The van der Waals surface area contributed by atoms with Crippen LogP contribution in [-0.4, -0.2) is 37.3 Å². The highest BCUT2D eigenvalue weighted by atomic mass is 35.5. The lowest BCUT2D eigenvalue weighted by atomic mass is 10.1. The molecule has 7 nitrogen and oxygen atoms in total. The van der Waals surface area contributed by atoms with Crippen molar-refractivity contribution < 1.29 is 9.53 Å². The van der Waals surface area contributed by atoms with Crippen molar-refractivity contribution in [2.24, 2.45) is 0 Å². The molecule has 26 heavy (non-hydrogen) atoms. The van der Waals surface area contributed by atoms with Crippen LogP contribution in [0, 0.1) is 0 Å². The SMILES string of the molecule is O=C(c1cnc[nH]1)N1CCC[C@H]1c1cncc(Oc2ccc(Cl)cc2)n1. The van der Waals surface area contributed by atoms with Gasteiger partial charge in [-0.05, 0) is 37.1 Å². The van der Waals surface area contributed by atoms with Gasteiger partial charge in [0.15, 0.2) is 0 Å². The van der Waals surface area contributed by atoms with Crippen molar-refractivity contribution in [3.8, 4) is 11.6 Å². The summed E-state index contributed by atoms with van der Waals surface area (Å²) in [5.74, 6) is 0.916. The third-order valence-corrected chi connectivity index (χ3v) is 4.50. The Kier molecular flexibility index (Phi) is 4.53. The Balaban J connectivity index is 1.55. The second-order valence-electron chi connectivity index (χ2n) is 5.96. The van der Waals surface area contributed by atoms with Gasteiger partial charge in [0.05, 0.1) is 36.7 Å². The molecular formula is C18H16ClN5O2. The number of hydrogen-bond donors (Lipinski definition) is 1. The van der Waals surface area contributed by atoms with Gasteiger partial charge in [-0.15, -0.1) is 0 Å². The molecule has 1 N–H and O–H groups in total. The fourth-order valence-electron chi connectivity index (χ4n) is 3.04. The highest BCUT2D eigenvalue weighted by Gasteiger charge is 2.32. The van der Waals surface area contributed by atoms with Crippen molar-refractivity contribution in [3.63, 3.8) is 0 Å². The predicted molar refractivity (Wildman–Crippen MR) is 95.2 cm³/mol. The third-order valence-electron chi connectivity index (χ3n) is 4.25. The largest absolute Gasteiger partial charge is 0.437 e. The Morgan fingerprint density at radius 3 is 2.81 bits per heavy atom. The second kappa shape index (κ2) is 7.13. The number of rotatable bonds is 4. The summed E-state index contributed by atoms with van der Waals surface area (Å²) in [6, 6.07) is 6.89. The molecule has 1 amide bonds. The number of nitrogens with one attached hydrogen (secondary N) is 1. The zero-order valence-electron chi connectivity index (χ0n) is 13.8. The number of imidazole rings is 1. The highest BCUT2D eigenvalue weighted by molar-refractivity contribution is 6.30. The molecule has 2 aromatic heterocycles. The molecule has 1 aromatic carbocycles. The van der Waals surface area contributed by atoms with Crippen LogP contribution in [-0.2, 0) is 0 Å². The first-order chi connectivity index (χ1) is 12.7. The van der Waals surface area contributed by atoms with Crippen LogP contribution < -0.4 is 4.74 Å². The third kappa shape index (κ3) is 3.39. The zero-order valence-corrected chi connectivity index (χ0v) is 14.6. The number of carbonyl (C=O) groups is 1. The van der Waals surface area contributed by atoms with Crippen molar-refractivity contribution >= 4 is 17.5 Å². The predicted octanol–water partition coefficient (Wildman–Crippen LogP) is 3.62. The standard InChI is InChI=1S/C18H16ClN5O2/c19-12-3-5-13(6-4-12)26-17-10-20-8-14(23-17)16-2-1-7-24(16)18(25)15-9-21-11-22-15/h3-6,8-11,16H,1-2,7H2,(H,21,22)/t16-/m0/s1. The molecule has 1 aliphatic rings. The van der Waals surface area contributed by atoms with Gasteiger partial charge in [0.1, 0.15) is 11.4 Å². The molecule has 132 valence electrons. The lowest BCUT2D eigenvalue weighted by Crippen LogP contribution is -2.31. The van der Waals surface area contributed by atoms with Crippen LogP contribution in [0.5, 0.6) is 11.6 Å². The second-order valence-corrected chi connectivity index (χ2v) is 6.40. The average molecular weight is 370 g/mol. The maximum absolute atomic E-state index is 12.7. The minimum atomic E-state index is -0.132. The van der Waals surface area contributed by atoms with Crippen molar-refractivity contribution in [1.82, 2.24) is 24.8 Å². The Morgan fingerprint density at radius 2 is 2.04 bits per heavy atom. The number of likely N-dealkylation sites (tertiary alicyclic amines) is 1. The lowest BCUT2D eigenvalue weighted by molar-refractivity contribution is 0.0727. The summed E-state index contributed by atoms with van der Waals surface area (Å²) < 4.78 is 5.75. The molecule has 0 bridgehead atoms. The number of ether oxygens (including phenoxy) is 1. The molecule has 0 aliphatic carbocycles. The summed E-state index contributed by atoms with van der Waals surface area (Å²) in [5, 5.41) is 0.635. The van der Waals surface area contributed by atoms with Crippen LogP contribution in [0.2, 0.25) is 5.02 Å². The van der Waals surface area contributed by atoms with Gasteiger partial charge < -0.3 is 14.6 Å². The first-order valence-electron chi connectivity index (χ1n) is 8.25. The molecule has 0 radical (unpaired) electrons. The van der Waals surface area contributed by atoms with Crippen LogP contribution in [0.25, 0.3) is 0 Å². The Morgan fingerprint density at radius 1 is 1.19 bits per heavy atom. The van der Waals surface area contributed by atoms with Crippen molar-refractivity contribution in [3.05, 3.63) is 65.6 Å². The van der Waals surface area contributed by atoms with Crippen LogP contribution >= 0.6 is 11.6 Å². The molecule has 3 heterocycles. The maximum Gasteiger partial charge on any atom is 0.272 e. The number of aromatic amines is 1. The van der Waals surface area contributed by atoms with E-state index in [1.807, 2.05) is 0 Å². The van der Waals surface area contributed by atoms with Crippen LogP contribution in [0.3, 0.4) is 0 Å². The van der Waals surface area contributed by atoms with E-state index in [-0.39, 0.29) is 11.9 Å². The molecule has 1 saturated heterocycles. The molecule has 3 aromatic rings. The summed E-state index contributed by atoms with van der Waals surface area (Å²) in [7, 11) is 0. The van der Waals surface area contributed by atoms with Gasteiger partial charge >= 0.3 is 0 Å². The minimum absolute atomic E-state index is 0.0872. The monoisotopic (exact) mass is 369 g/mol. The number of aromatic nitrogens is 4. The normalized spacial score (nSPS) is 16.7. The van der Waals surface area contributed by atoms with Gasteiger partial charge in [-0.25, -0.2) is 9.97 Å². The van der Waals surface area contributed by atoms with Crippen molar-refractivity contribution in [2.75, 3.05) is 6.54 Å². The fourth-order valence-corrected chi connectivity index (χ4v) is 3.17. The smallest absolute Gasteiger partial charge is 0.272 e. The van der Waals surface area contributed by atoms with Gasteiger partial charge in [0.2, 0.25) is 5.88 Å². The summed E-state index contributed by atoms with van der Waals surface area (Å²) in [6.45, 7) is 0.673. The Labute approximate surface area is 155 Å². The summed E-state index contributed by atoms with van der Waals surface area (Å²) in [5.41, 5.74) is 1.18. The van der Waals surface area contributed by atoms with E-state index in [1.54, 1.807) is 41.6 Å². The van der Waals surface area contributed by atoms with Gasteiger partial charge in [0, 0.05) is 11.6 Å². The number of carbonyl (C=O) groups excluding carboxylic acids is 1. The summed E-state index contributed by atoms with van der Waals surface area (Å²) in [6.07, 6.45) is 8.00. The average Bonchev–Trinajstić information content (AvgIpc) is 3.35. The highest BCUT2D eigenvalue weighted by Crippen LogP contribution is 2.32. The molecule has 0 spiro atoms. The van der Waals surface area contributed by atoms with Crippen LogP contribution in [0.15, 0.2) is 49.2 Å². The zero-order chi connectivity index (χ0) is 17.9. The van der Waals surface area contributed by atoms with E-state index in [0.717, 1.165) is 12.8 Å². The van der Waals surface area contributed by atoms with Gasteiger partial charge in [-0.1, -0.05) is 11.6 Å². The van der Waals surface area contributed by atoms with E-state index in [2.05, 4.69) is 19.9 Å². The van der Waals surface area contributed by atoms with E-state index in [4.69, 9.17) is 16.3 Å². The molecule has 1 fully saturated rings. The number of nitrogens with zero attached hydrogens (tertiary/aromatic N) is 4. The topological polar surface area (TPSA) is 84.0 Å². The van der Waals surface area contributed by atoms with E-state index in [1.165, 1.54) is 12.5 Å². The molecule has 1 atom stereocenters. The summed E-state index contributed by atoms with van der Waals surface area (Å²) >= 11 is 5.89. The first kappa shape index (κ1) is 16.5. The van der Waals surface area contributed by atoms with Gasteiger partial charge in [-0.3, -0.25) is 9.78 Å². The Hall–Kier alpha value is -2.93. The number of amides is 1. The maximum atomic E-state index is 12.7. The van der Waals surface area contributed by atoms with E-state index in [0.29, 0.717) is 34.6 Å². The van der Waals surface area contributed by atoms with Gasteiger partial charge in [-0.2, -0.15) is 0 Å². The molecule has 4 rings (SSSR count). The number of hydrogen-bond acceptors (Lipinski definition) is 5. The molecular weight excluding hydrogens is 354 g/mol. The fraction of sp³-hybridized carbons (Fsp3) is 0.222. The van der Waals surface area contributed by atoms with Crippen molar-refractivity contribution in [2.45, 2.75) is 18.9 Å². The van der Waals surface area contributed by atoms with E-state index < -0.39 is 0 Å². The summed E-state index contributed by atoms with van der Waals surface area (Å²) in [4.78, 5) is 30.0. The van der Waals surface area contributed by atoms with Crippen LogP contribution in [0.1, 0.15) is 35.1 Å². The quantitative estimate of drug-likeness (QED) is 0.759. The number of H-pyrrole nitrogens is 1. The first-order valence-corrected chi connectivity index (χ1v) is 8.63. The molecule has 1 aliphatic heterocycles. The lowest BCUT2D eigenvalue weighted by Gasteiger charge is -2.23. The van der Waals surface area contributed by atoms with Crippen molar-refractivity contribution in [1.29, 1.82) is 0 Å². The molecule has 8 heteroatoms. The molecule has 0 unspecified atom stereocenters. The van der Waals surface area contributed by atoms with Gasteiger partial charge in [0.25, 0.3) is 5.91 Å². The number of halogens is 1. The van der Waals surface area contributed by atoms with E-state index in [9.17, 15) is 4.79 Å². The molecule has 0 saturated carbocycles. The number of benzene rings is 1. The van der Waals surface area contributed by atoms with Crippen LogP contribution in [0.4, 0.5) is 0 Å². The van der Waals surface area contributed by atoms with E-state index >= 15 is 0 Å². The minimum Gasteiger partial charge on any atom is -0.437 e.